The minimum absolute atomic E-state index is 0.134. The number of rotatable bonds is 1. The predicted molar refractivity (Wildman–Crippen MR) is 61.2 cm³/mol. The van der Waals surface area contributed by atoms with Gasteiger partial charge < -0.3 is 0 Å². The zero-order valence-electron chi connectivity index (χ0n) is 10.3. The number of Topliss-reactive ketones (excluding diaryl/α,β-unsaturated/α-hetero) is 1. The van der Waals surface area contributed by atoms with Crippen LogP contribution >= 0.6 is 0 Å². The summed E-state index contributed by atoms with van der Waals surface area (Å²) in [5.41, 5.74) is -0.786. The Bertz CT molecular complexity index is 376. The van der Waals surface area contributed by atoms with Gasteiger partial charge in [0.05, 0.1) is 18.1 Å². The molecule has 1 saturated heterocycles. The Morgan fingerprint density at radius 1 is 1.24 bits per heavy atom. The largest absolute Gasteiger partial charge is 0.298 e. The summed E-state index contributed by atoms with van der Waals surface area (Å²) in [5, 5.41) is 2.32. The summed E-state index contributed by atoms with van der Waals surface area (Å²) in [7, 11) is 0. The number of nitrogens with one attached hydrogen (secondary N) is 1. The van der Waals surface area contributed by atoms with Crippen molar-refractivity contribution in [1.29, 1.82) is 0 Å². The molecule has 1 heterocycles. The minimum atomic E-state index is -0.786. The maximum absolute atomic E-state index is 11.9. The number of amides is 2. The first-order chi connectivity index (χ1) is 7.93. The Morgan fingerprint density at radius 3 is 2.59 bits per heavy atom. The molecule has 0 aromatic rings. The third-order valence-corrected chi connectivity index (χ3v) is 3.74. The highest BCUT2D eigenvalue weighted by Gasteiger charge is 2.46. The number of piperazine rings is 1. The van der Waals surface area contributed by atoms with Crippen molar-refractivity contribution >= 4 is 17.6 Å². The molecular formula is C12H18N2O3. The van der Waals surface area contributed by atoms with Gasteiger partial charge in [-0.15, -0.1) is 0 Å². The molecule has 1 saturated carbocycles. The number of ketones is 1. The van der Waals surface area contributed by atoms with Gasteiger partial charge in [-0.1, -0.05) is 6.42 Å². The minimum Gasteiger partial charge on any atom is -0.298 e. The van der Waals surface area contributed by atoms with Crippen molar-refractivity contribution in [2.75, 3.05) is 6.54 Å². The Labute approximate surface area is 101 Å². The molecule has 17 heavy (non-hydrogen) atoms. The summed E-state index contributed by atoms with van der Waals surface area (Å²) in [4.78, 5) is 36.9. The van der Waals surface area contributed by atoms with Crippen LogP contribution in [0.2, 0.25) is 0 Å². The number of nitrogens with zero attached hydrogens (tertiary/aromatic N) is 1. The maximum Gasteiger partial charge on any atom is 0.246 e. The Kier molecular flexibility index (Phi) is 3.03. The molecule has 2 rings (SSSR count). The normalized spacial score (nSPS) is 30.2. The smallest absolute Gasteiger partial charge is 0.246 e. The number of imide groups is 1. The van der Waals surface area contributed by atoms with Gasteiger partial charge in [-0.3, -0.25) is 24.6 Å². The number of carbonyl (C=O) groups excluding carboxylic acids is 3. The fraction of sp³-hybridized carbons (Fsp3) is 0.750. The van der Waals surface area contributed by atoms with E-state index in [0.717, 1.165) is 19.3 Å². The molecule has 0 radical (unpaired) electrons. The van der Waals surface area contributed by atoms with E-state index in [-0.39, 0.29) is 30.2 Å². The SMILES string of the molecule is CC1(C)C(=O)NC(=O)CN1C1CCCCC1=O. The second-order valence-corrected chi connectivity index (χ2v) is 5.29. The molecule has 0 aromatic heterocycles. The second-order valence-electron chi connectivity index (χ2n) is 5.29. The van der Waals surface area contributed by atoms with Crippen molar-refractivity contribution in [3.63, 3.8) is 0 Å². The summed E-state index contributed by atoms with van der Waals surface area (Å²) in [6, 6.07) is -0.270. The van der Waals surface area contributed by atoms with Gasteiger partial charge >= 0.3 is 0 Å². The van der Waals surface area contributed by atoms with Gasteiger partial charge in [0, 0.05) is 6.42 Å². The molecule has 0 spiro atoms. The van der Waals surface area contributed by atoms with Gasteiger partial charge in [-0.05, 0) is 26.7 Å². The van der Waals surface area contributed by atoms with Crippen LogP contribution in [0.25, 0.3) is 0 Å². The van der Waals surface area contributed by atoms with E-state index < -0.39 is 5.54 Å². The van der Waals surface area contributed by atoms with E-state index in [0.29, 0.717) is 6.42 Å². The van der Waals surface area contributed by atoms with Crippen LogP contribution < -0.4 is 5.32 Å². The lowest BCUT2D eigenvalue weighted by Crippen LogP contribution is -2.67. The van der Waals surface area contributed by atoms with Crippen LogP contribution in [0.15, 0.2) is 0 Å². The van der Waals surface area contributed by atoms with Crippen LogP contribution in [0.1, 0.15) is 39.5 Å². The molecule has 2 amide bonds. The van der Waals surface area contributed by atoms with Crippen LogP contribution in [0.3, 0.4) is 0 Å². The molecule has 1 aliphatic carbocycles. The molecular weight excluding hydrogens is 220 g/mol. The fourth-order valence-electron chi connectivity index (χ4n) is 2.60. The average Bonchev–Trinajstić information content (AvgIpc) is 2.25. The van der Waals surface area contributed by atoms with E-state index in [1.54, 1.807) is 18.7 Å². The molecule has 1 atom stereocenters. The molecule has 94 valence electrons. The molecule has 5 heteroatoms. The zero-order valence-corrected chi connectivity index (χ0v) is 10.3. The van der Waals surface area contributed by atoms with Gasteiger partial charge in [0.25, 0.3) is 0 Å². The van der Waals surface area contributed by atoms with E-state index in [9.17, 15) is 14.4 Å². The monoisotopic (exact) mass is 238 g/mol. The van der Waals surface area contributed by atoms with Gasteiger partial charge in [0.15, 0.2) is 0 Å². The number of carbonyl (C=O) groups is 3. The maximum atomic E-state index is 11.9. The summed E-state index contributed by atoms with van der Waals surface area (Å²) in [6.45, 7) is 3.66. The molecule has 2 aliphatic rings. The highest BCUT2D eigenvalue weighted by atomic mass is 16.2. The first kappa shape index (κ1) is 12.2. The van der Waals surface area contributed by atoms with Gasteiger partial charge in [-0.2, -0.15) is 0 Å². The standard InChI is InChI=1S/C12H18N2O3/c1-12(2)11(17)13-10(16)7-14(12)8-5-3-4-6-9(8)15/h8H,3-7H2,1-2H3,(H,13,16,17). The first-order valence-corrected chi connectivity index (χ1v) is 6.06. The van der Waals surface area contributed by atoms with E-state index >= 15 is 0 Å². The van der Waals surface area contributed by atoms with E-state index in [1.807, 2.05) is 0 Å². The quantitative estimate of drug-likeness (QED) is 0.664. The van der Waals surface area contributed by atoms with Crippen molar-refractivity contribution in [3.05, 3.63) is 0 Å². The van der Waals surface area contributed by atoms with Crippen molar-refractivity contribution in [3.8, 4) is 0 Å². The molecule has 1 unspecified atom stereocenters. The lowest BCUT2D eigenvalue weighted by Gasteiger charge is -2.45. The van der Waals surface area contributed by atoms with Gasteiger partial charge in [-0.25, -0.2) is 0 Å². The van der Waals surface area contributed by atoms with Crippen LogP contribution in [-0.2, 0) is 14.4 Å². The van der Waals surface area contributed by atoms with Crippen molar-refractivity contribution in [1.82, 2.24) is 10.2 Å². The predicted octanol–water partition coefficient (Wildman–Crippen LogP) is 0.235. The van der Waals surface area contributed by atoms with E-state index in [1.165, 1.54) is 0 Å². The summed E-state index contributed by atoms with van der Waals surface area (Å²) >= 11 is 0. The van der Waals surface area contributed by atoms with Crippen LogP contribution in [-0.4, -0.2) is 40.6 Å². The Morgan fingerprint density at radius 2 is 1.94 bits per heavy atom. The van der Waals surface area contributed by atoms with Crippen LogP contribution in [0.5, 0.6) is 0 Å². The third-order valence-electron chi connectivity index (χ3n) is 3.74. The fourth-order valence-corrected chi connectivity index (χ4v) is 2.60. The highest BCUT2D eigenvalue weighted by Crippen LogP contribution is 2.27. The lowest BCUT2D eigenvalue weighted by atomic mass is 9.87. The van der Waals surface area contributed by atoms with E-state index in [2.05, 4.69) is 5.32 Å². The molecule has 5 nitrogen and oxygen atoms in total. The summed E-state index contributed by atoms with van der Waals surface area (Å²) in [5.74, 6) is -0.466. The van der Waals surface area contributed by atoms with Gasteiger partial charge in [0.2, 0.25) is 11.8 Å². The molecule has 2 fully saturated rings. The zero-order chi connectivity index (χ0) is 12.6. The van der Waals surface area contributed by atoms with Crippen molar-refractivity contribution in [2.24, 2.45) is 0 Å². The van der Waals surface area contributed by atoms with Crippen molar-refractivity contribution in [2.45, 2.75) is 51.1 Å². The Hall–Kier alpha value is -1.23. The summed E-state index contributed by atoms with van der Waals surface area (Å²) < 4.78 is 0. The lowest BCUT2D eigenvalue weighted by molar-refractivity contribution is -0.150. The third kappa shape index (κ3) is 2.11. The first-order valence-electron chi connectivity index (χ1n) is 6.06. The summed E-state index contributed by atoms with van der Waals surface area (Å²) in [6.07, 6.45) is 3.22. The second kappa shape index (κ2) is 4.22. The topological polar surface area (TPSA) is 66.5 Å². The molecule has 0 aromatic carbocycles. The molecule has 1 N–H and O–H groups in total. The average molecular weight is 238 g/mol. The molecule has 0 bridgehead atoms. The Balaban J connectivity index is 2.25. The van der Waals surface area contributed by atoms with Crippen molar-refractivity contribution < 1.29 is 14.4 Å². The molecule has 1 aliphatic heterocycles. The van der Waals surface area contributed by atoms with Gasteiger partial charge in [0.1, 0.15) is 5.78 Å². The number of hydrogen-bond acceptors (Lipinski definition) is 4. The van der Waals surface area contributed by atoms with Crippen LogP contribution in [0, 0.1) is 0 Å². The van der Waals surface area contributed by atoms with Crippen LogP contribution in [0.4, 0.5) is 0 Å². The number of hydrogen-bond donors (Lipinski definition) is 1. The van der Waals surface area contributed by atoms with E-state index in [4.69, 9.17) is 0 Å². The highest BCUT2D eigenvalue weighted by molar-refractivity contribution is 6.03.